The first-order valence-electron chi connectivity index (χ1n) is 10.0. The van der Waals surface area contributed by atoms with Crippen molar-refractivity contribution in [2.24, 2.45) is 0 Å². The lowest BCUT2D eigenvalue weighted by Crippen LogP contribution is -2.38. The summed E-state index contributed by atoms with van der Waals surface area (Å²) >= 11 is 0. The highest BCUT2D eigenvalue weighted by atomic mass is 19.1. The van der Waals surface area contributed by atoms with Crippen LogP contribution in [-0.4, -0.2) is 39.5 Å². The molecule has 6 nitrogen and oxygen atoms in total. The van der Waals surface area contributed by atoms with E-state index in [1.54, 1.807) is 11.0 Å². The Balaban J connectivity index is 1.50. The number of hydrogen-bond acceptors (Lipinski definition) is 3. The van der Waals surface area contributed by atoms with E-state index >= 15 is 0 Å². The van der Waals surface area contributed by atoms with E-state index < -0.39 is 0 Å². The molecule has 1 saturated heterocycles. The summed E-state index contributed by atoms with van der Waals surface area (Å²) in [6, 6.07) is 7.45. The van der Waals surface area contributed by atoms with Crippen molar-refractivity contribution in [1.82, 2.24) is 20.4 Å². The molecule has 2 N–H and O–H groups in total. The lowest BCUT2D eigenvalue weighted by atomic mass is 9.98. The van der Waals surface area contributed by atoms with Gasteiger partial charge in [0, 0.05) is 18.2 Å². The quantitative estimate of drug-likeness (QED) is 0.846. The maximum Gasteiger partial charge on any atom is 0.271 e. The average molecular weight is 384 g/mol. The van der Waals surface area contributed by atoms with E-state index in [4.69, 9.17) is 0 Å². The van der Waals surface area contributed by atoms with Crippen LogP contribution < -0.4 is 5.32 Å². The highest BCUT2D eigenvalue weighted by molar-refractivity contribution is 5.95. The number of halogens is 1. The number of rotatable bonds is 4. The van der Waals surface area contributed by atoms with Gasteiger partial charge in [-0.3, -0.25) is 14.7 Å². The summed E-state index contributed by atoms with van der Waals surface area (Å²) in [6.07, 6.45) is 7.07. The summed E-state index contributed by atoms with van der Waals surface area (Å²) in [7, 11) is 0. The molecule has 148 valence electrons. The van der Waals surface area contributed by atoms with Gasteiger partial charge in [0.1, 0.15) is 11.5 Å². The Hall–Kier alpha value is -2.70. The molecule has 1 aliphatic heterocycles. The normalized spacial score (nSPS) is 20.3. The number of aromatic nitrogens is 2. The number of carbonyl (C=O) groups is 2. The summed E-state index contributed by atoms with van der Waals surface area (Å²) in [4.78, 5) is 27.2. The maximum atomic E-state index is 13.2. The smallest absolute Gasteiger partial charge is 0.271 e. The van der Waals surface area contributed by atoms with Crippen LogP contribution in [0.5, 0.6) is 0 Å². The van der Waals surface area contributed by atoms with Crippen LogP contribution in [0.25, 0.3) is 0 Å². The van der Waals surface area contributed by atoms with E-state index in [0.717, 1.165) is 50.6 Å². The van der Waals surface area contributed by atoms with Crippen molar-refractivity contribution in [3.8, 4) is 0 Å². The van der Waals surface area contributed by atoms with Gasteiger partial charge in [-0.25, -0.2) is 4.39 Å². The molecule has 2 aromatic rings. The van der Waals surface area contributed by atoms with Crippen LogP contribution in [0.4, 0.5) is 4.39 Å². The van der Waals surface area contributed by atoms with Crippen molar-refractivity contribution in [1.29, 1.82) is 0 Å². The van der Waals surface area contributed by atoms with Gasteiger partial charge in [0.15, 0.2) is 0 Å². The number of piperidine rings is 1. The molecular formula is C21H25FN4O2. The first-order valence-corrected chi connectivity index (χ1v) is 10.0. The summed E-state index contributed by atoms with van der Waals surface area (Å²) in [5, 5.41) is 10.2. The van der Waals surface area contributed by atoms with Gasteiger partial charge in [-0.1, -0.05) is 12.8 Å². The van der Waals surface area contributed by atoms with Gasteiger partial charge in [0.2, 0.25) is 0 Å². The number of benzene rings is 1. The Bertz CT molecular complexity index is 842. The Labute approximate surface area is 163 Å². The van der Waals surface area contributed by atoms with Crippen molar-refractivity contribution in [2.45, 2.75) is 57.0 Å². The third kappa shape index (κ3) is 3.93. The predicted octanol–water partition coefficient (Wildman–Crippen LogP) is 3.59. The lowest BCUT2D eigenvalue weighted by molar-refractivity contribution is 0.0606. The van der Waals surface area contributed by atoms with Crippen LogP contribution in [0, 0.1) is 5.82 Å². The molecule has 0 bridgehead atoms. The first kappa shape index (κ1) is 18.7. The van der Waals surface area contributed by atoms with Crippen LogP contribution in [0.1, 0.15) is 77.5 Å². The standard InChI is InChI=1S/C21H25FN4O2/c22-15-10-8-14(9-11-15)21(28)26-12-4-3-7-19(26)17-13-18(25-24-17)20(27)23-16-5-1-2-6-16/h8-11,13,16,19H,1-7,12H2,(H,23,27)(H,24,25). The fourth-order valence-electron chi connectivity index (χ4n) is 4.21. The van der Waals surface area contributed by atoms with E-state index in [9.17, 15) is 14.0 Å². The number of nitrogens with zero attached hydrogens (tertiary/aromatic N) is 2. The van der Waals surface area contributed by atoms with Crippen LogP contribution in [0.3, 0.4) is 0 Å². The predicted molar refractivity (Wildman–Crippen MR) is 102 cm³/mol. The fraction of sp³-hybridized carbons (Fsp3) is 0.476. The molecule has 0 radical (unpaired) electrons. The van der Waals surface area contributed by atoms with Crippen molar-refractivity contribution >= 4 is 11.8 Å². The van der Waals surface area contributed by atoms with Gasteiger partial charge < -0.3 is 10.2 Å². The van der Waals surface area contributed by atoms with Gasteiger partial charge in [-0.2, -0.15) is 5.10 Å². The molecular weight excluding hydrogens is 359 g/mol. The Morgan fingerprint density at radius 1 is 1.07 bits per heavy atom. The van der Waals surface area contributed by atoms with E-state index in [2.05, 4.69) is 15.5 Å². The average Bonchev–Trinajstić information content (AvgIpc) is 3.40. The minimum absolute atomic E-state index is 0.128. The summed E-state index contributed by atoms with van der Waals surface area (Å²) in [5.74, 6) is -0.656. The number of nitrogens with one attached hydrogen (secondary N) is 2. The Morgan fingerprint density at radius 2 is 1.79 bits per heavy atom. The Morgan fingerprint density at radius 3 is 2.54 bits per heavy atom. The van der Waals surface area contributed by atoms with Crippen molar-refractivity contribution in [3.63, 3.8) is 0 Å². The molecule has 0 spiro atoms. The molecule has 2 amide bonds. The number of hydrogen-bond donors (Lipinski definition) is 2. The molecule has 2 fully saturated rings. The zero-order valence-corrected chi connectivity index (χ0v) is 15.8. The van der Waals surface area contributed by atoms with Crippen LogP contribution in [-0.2, 0) is 0 Å². The molecule has 4 rings (SSSR count). The lowest BCUT2D eigenvalue weighted by Gasteiger charge is -2.35. The molecule has 1 aliphatic carbocycles. The fourth-order valence-corrected chi connectivity index (χ4v) is 4.21. The second-order valence-electron chi connectivity index (χ2n) is 7.68. The molecule has 28 heavy (non-hydrogen) atoms. The van der Waals surface area contributed by atoms with Crippen LogP contribution in [0.2, 0.25) is 0 Å². The molecule has 1 aromatic carbocycles. The molecule has 1 aromatic heterocycles. The summed E-state index contributed by atoms with van der Waals surface area (Å²) in [5.41, 5.74) is 1.60. The summed E-state index contributed by atoms with van der Waals surface area (Å²) < 4.78 is 13.2. The highest BCUT2D eigenvalue weighted by Crippen LogP contribution is 2.31. The van der Waals surface area contributed by atoms with Crippen LogP contribution in [0.15, 0.2) is 30.3 Å². The Kier molecular flexibility index (Phi) is 5.41. The third-order valence-corrected chi connectivity index (χ3v) is 5.73. The summed E-state index contributed by atoms with van der Waals surface area (Å²) in [6.45, 7) is 0.628. The first-order chi connectivity index (χ1) is 13.6. The molecule has 1 atom stereocenters. The zero-order valence-electron chi connectivity index (χ0n) is 15.8. The minimum Gasteiger partial charge on any atom is -0.348 e. The minimum atomic E-state index is -0.363. The monoisotopic (exact) mass is 384 g/mol. The maximum absolute atomic E-state index is 13.2. The van der Waals surface area contributed by atoms with Crippen LogP contribution >= 0.6 is 0 Å². The van der Waals surface area contributed by atoms with E-state index in [-0.39, 0.29) is 29.7 Å². The van der Waals surface area contributed by atoms with Crippen molar-refractivity contribution in [3.05, 3.63) is 53.1 Å². The number of carbonyl (C=O) groups excluding carboxylic acids is 2. The third-order valence-electron chi connectivity index (χ3n) is 5.73. The highest BCUT2D eigenvalue weighted by Gasteiger charge is 2.31. The van der Waals surface area contributed by atoms with Gasteiger partial charge in [0.25, 0.3) is 11.8 Å². The van der Waals surface area contributed by atoms with Gasteiger partial charge in [-0.05, 0) is 62.4 Å². The largest absolute Gasteiger partial charge is 0.348 e. The van der Waals surface area contributed by atoms with Gasteiger partial charge >= 0.3 is 0 Å². The number of amides is 2. The zero-order chi connectivity index (χ0) is 19.5. The molecule has 1 unspecified atom stereocenters. The van der Waals surface area contributed by atoms with Gasteiger partial charge in [0.05, 0.1) is 11.7 Å². The van der Waals surface area contributed by atoms with E-state index in [0.29, 0.717) is 17.8 Å². The number of aromatic amines is 1. The van der Waals surface area contributed by atoms with E-state index in [1.807, 2.05) is 0 Å². The molecule has 7 heteroatoms. The molecule has 2 aliphatic rings. The van der Waals surface area contributed by atoms with Gasteiger partial charge in [-0.15, -0.1) is 0 Å². The number of likely N-dealkylation sites (tertiary alicyclic amines) is 1. The second-order valence-corrected chi connectivity index (χ2v) is 7.68. The molecule has 2 heterocycles. The molecule has 1 saturated carbocycles. The topological polar surface area (TPSA) is 78.1 Å². The number of H-pyrrole nitrogens is 1. The van der Waals surface area contributed by atoms with E-state index in [1.165, 1.54) is 24.3 Å². The van der Waals surface area contributed by atoms with Crippen molar-refractivity contribution < 1.29 is 14.0 Å². The second kappa shape index (κ2) is 8.12. The van der Waals surface area contributed by atoms with Crippen molar-refractivity contribution in [2.75, 3.05) is 6.54 Å². The SMILES string of the molecule is O=C(NC1CCCC1)c1cc(C2CCCCN2C(=O)c2ccc(F)cc2)[nH]n1.